The second-order valence-electron chi connectivity index (χ2n) is 6.62. The summed E-state index contributed by atoms with van der Waals surface area (Å²) in [6, 6.07) is 10.7. The smallest absolute Gasteiger partial charge is 0.406 e. The van der Waals surface area contributed by atoms with E-state index in [0.29, 0.717) is 10.9 Å². The number of halogens is 4. The summed E-state index contributed by atoms with van der Waals surface area (Å²) in [4.78, 5) is 26.8. The van der Waals surface area contributed by atoms with Gasteiger partial charge in [0.2, 0.25) is 5.91 Å². The lowest BCUT2D eigenvalue weighted by atomic mass is 9.98. The van der Waals surface area contributed by atoms with Crippen LogP contribution in [0.3, 0.4) is 0 Å². The molecular formula is C20H17F4N3O3. The minimum atomic E-state index is -4.82. The Kier molecular flexibility index (Phi) is 5.95. The summed E-state index contributed by atoms with van der Waals surface area (Å²) in [6.07, 6.45) is -4.62. The third kappa shape index (κ3) is 5.49. The van der Waals surface area contributed by atoms with Crippen LogP contribution in [-0.2, 0) is 11.2 Å². The highest BCUT2D eigenvalue weighted by Crippen LogP contribution is 2.26. The van der Waals surface area contributed by atoms with Crippen molar-refractivity contribution in [1.82, 2.24) is 10.3 Å². The SMILES string of the molecule is NC(=O)C(CNC(=O)c1cc2ccc(OC(F)(F)F)cc2[nH]1)Cc1ccc(F)cc1. The summed E-state index contributed by atoms with van der Waals surface area (Å²) < 4.78 is 53.9. The van der Waals surface area contributed by atoms with Gasteiger partial charge in [0, 0.05) is 23.5 Å². The maximum Gasteiger partial charge on any atom is 0.573 e. The van der Waals surface area contributed by atoms with E-state index in [9.17, 15) is 27.2 Å². The van der Waals surface area contributed by atoms with E-state index in [4.69, 9.17) is 5.73 Å². The average molecular weight is 423 g/mol. The molecule has 0 saturated heterocycles. The van der Waals surface area contributed by atoms with Crippen molar-refractivity contribution in [1.29, 1.82) is 0 Å². The van der Waals surface area contributed by atoms with Crippen LogP contribution < -0.4 is 15.8 Å². The number of benzene rings is 2. The first-order chi connectivity index (χ1) is 14.1. The number of primary amides is 1. The molecule has 1 unspecified atom stereocenters. The molecule has 2 amide bonds. The Hall–Kier alpha value is -3.56. The van der Waals surface area contributed by atoms with Crippen LogP contribution in [0, 0.1) is 11.7 Å². The molecule has 6 nitrogen and oxygen atoms in total. The van der Waals surface area contributed by atoms with Gasteiger partial charge in [-0.3, -0.25) is 9.59 Å². The number of fused-ring (bicyclic) bond motifs is 1. The lowest BCUT2D eigenvalue weighted by Gasteiger charge is -2.14. The fourth-order valence-electron chi connectivity index (χ4n) is 2.92. The summed E-state index contributed by atoms with van der Waals surface area (Å²) in [5, 5.41) is 3.08. The highest BCUT2D eigenvalue weighted by molar-refractivity contribution is 5.98. The number of aromatic amines is 1. The van der Waals surface area contributed by atoms with Crippen molar-refractivity contribution in [3.8, 4) is 5.75 Å². The number of alkyl halides is 3. The number of nitrogens with one attached hydrogen (secondary N) is 2. The zero-order valence-electron chi connectivity index (χ0n) is 15.4. The molecule has 3 rings (SSSR count). The summed E-state index contributed by atoms with van der Waals surface area (Å²) in [5.74, 6) is -2.75. The van der Waals surface area contributed by atoms with Gasteiger partial charge in [-0.2, -0.15) is 0 Å². The second kappa shape index (κ2) is 8.44. The quantitative estimate of drug-likeness (QED) is 0.509. The summed E-state index contributed by atoms with van der Waals surface area (Å²) in [5.41, 5.74) is 6.44. The van der Waals surface area contributed by atoms with Gasteiger partial charge in [0.25, 0.3) is 5.91 Å². The van der Waals surface area contributed by atoms with E-state index in [1.165, 1.54) is 36.4 Å². The fraction of sp³-hybridized carbons (Fsp3) is 0.200. The number of amides is 2. The Balaban J connectivity index is 1.67. The number of carbonyl (C=O) groups excluding carboxylic acids is 2. The molecule has 1 aromatic heterocycles. The fourth-order valence-corrected chi connectivity index (χ4v) is 2.92. The zero-order valence-corrected chi connectivity index (χ0v) is 15.4. The number of carbonyl (C=O) groups is 2. The van der Waals surface area contributed by atoms with Gasteiger partial charge in [-0.05, 0) is 42.3 Å². The molecule has 0 spiro atoms. The number of hydrogen-bond donors (Lipinski definition) is 3. The average Bonchev–Trinajstić information content (AvgIpc) is 3.08. The number of ether oxygens (including phenoxy) is 1. The standard InChI is InChI=1S/C20H17F4N3O3/c21-14-4-1-11(2-5-14)7-13(18(25)28)10-26-19(29)17-8-12-3-6-15(9-16(12)27-17)30-20(22,23)24/h1-6,8-9,13,27H,7,10H2,(H2,25,28)(H,26,29). The molecule has 1 atom stereocenters. The molecule has 0 radical (unpaired) electrons. The molecule has 3 aromatic rings. The Morgan fingerprint density at radius 1 is 1.10 bits per heavy atom. The number of nitrogens with two attached hydrogens (primary N) is 1. The summed E-state index contributed by atoms with van der Waals surface area (Å²) in [7, 11) is 0. The highest BCUT2D eigenvalue weighted by Gasteiger charge is 2.31. The number of aromatic nitrogens is 1. The Bertz CT molecular complexity index is 1060. The highest BCUT2D eigenvalue weighted by atomic mass is 19.4. The van der Waals surface area contributed by atoms with Crippen LogP contribution in [0.5, 0.6) is 5.75 Å². The molecule has 0 bridgehead atoms. The molecular weight excluding hydrogens is 406 g/mol. The minimum absolute atomic E-state index is 0.0661. The molecule has 30 heavy (non-hydrogen) atoms. The largest absolute Gasteiger partial charge is 0.573 e. The predicted molar refractivity (Wildman–Crippen MR) is 100 cm³/mol. The molecule has 4 N–H and O–H groups in total. The Morgan fingerprint density at radius 2 is 1.80 bits per heavy atom. The van der Waals surface area contributed by atoms with Crippen molar-refractivity contribution < 1.29 is 31.9 Å². The van der Waals surface area contributed by atoms with Crippen LogP contribution in [0.25, 0.3) is 10.9 Å². The van der Waals surface area contributed by atoms with Gasteiger partial charge >= 0.3 is 6.36 Å². The molecule has 0 aliphatic heterocycles. The molecule has 0 aliphatic carbocycles. The Morgan fingerprint density at radius 3 is 2.43 bits per heavy atom. The number of hydrogen-bond acceptors (Lipinski definition) is 3. The summed E-state index contributed by atoms with van der Waals surface area (Å²) in [6.45, 7) is -0.0661. The van der Waals surface area contributed by atoms with E-state index >= 15 is 0 Å². The molecule has 0 aliphatic rings. The van der Waals surface area contributed by atoms with E-state index in [2.05, 4.69) is 15.0 Å². The van der Waals surface area contributed by atoms with Gasteiger partial charge in [0.15, 0.2) is 0 Å². The van der Waals surface area contributed by atoms with Crippen molar-refractivity contribution in [3.05, 3.63) is 65.6 Å². The van der Waals surface area contributed by atoms with Gasteiger partial charge in [0.05, 0.1) is 5.92 Å². The summed E-state index contributed by atoms with van der Waals surface area (Å²) >= 11 is 0. The number of H-pyrrole nitrogens is 1. The van der Waals surface area contributed by atoms with Gasteiger partial charge in [-0.25, -0.2) is 4.39 Å². The zero-order chi connectivity index (χ0) is 21.9. The van der Waals surface area contributed by atoms with Gasteiger partial charge in [-0.1, -0.05) is 12.1 Å². The topological polar surface area (TPSA) is 97.2 Å². The van der Waals surface area contributed by atoms with Gasteiger partial charge < -0.3 is 20.8 Å². The molecule has 158 valence electrons. The van der Waals surface area contributed by atoms with Gasteiger partial charge in [0.1, 0.15) is 17.3 Å². The van der Waals surface area contributed by atoms with Crippen LogP contribution in [0.1, 0.15) is 16.1 Å². The Labute approximate surface area is 168 Å². The normalized spacial score (nSPS) is 12.5. The molecule has 2 aromatic carbocycles. The lowest BCUT2D eigenvalue weighted by molar-refractivity contribution is -0.274. The van der Waals surface area contributed by atoms with Crippen molar-refractivity contribution >= 4 is 22.7 Å². The van der Waals surface area contributed by atoms with Crippen LogP contribution in [0.4, 0.5) is 17.6 Å². The van der Waals surface area contributed by atoms with Crippen molar-refractivity contribution in [2.24, 2.45) is 11.7 Å². The third-order valence-corrected chi connectivity index (χ3v) is 4.38. The molecule has 1 heterocycles. The number of rotatable bonds is 7. The van der Waals surface area contributed by atoms with Crippen LogP contribution in [0.15, 0.2) is 48.5 Å². The molecule has 0 fully saturated rings. The van der Waals surface area contributed by atoms with Crippen LogP contribution in [0.2, 0.25) is 0 Å². The predicted octanol–water partition coefficient (Wildman–Crippen LogP) is 3.28. The first kappa shape index (κ1) is 21.2. The maximum atomic E-state index is 13.0. The van der Waals surface area contributed by atoms with Crippen molar-refractivity contribution in [2.45, 2.75) is 12.8 Å². The third-order valence-electron chi connectivity index (χ3n) is 4.38. The second-order valence-corrected chi connectivity index (χ2v) is 6.62. The van der Waals surface area contributed by atoms with E-state index in [1.807, 2.05) is 0 Å². The molecule has 0 saturated carbocycles. The van der Waals surface area contributed by atoms with E-state index in [-0.39, 0.29) is 24.2 Å². The van der Waals surface area contributed by atoms with Crippen LogP contribution in [-0.4, -0.2) is 29.7 Å². The molecule has 10 heteroatoms. The van der Waals surface area contributed by atoms with Crippen LogP contribution >= 0.6 is 0 Å². The van der Waals surface area contributed by atoms with Crippen molar-refractivity contribution in [2.75, 3.05) is 6.54 Å². The first-order valence-electron chi connectivity index (χ1n) is 8.81. The van der Waals surface area contributed by atoms with E-state index < -0.39 is 35.7 Å². The first-order valence-corrected chi connectivity index (χ1v) is 8.81. The monoisotopic (exact) mass is 423 g/mol. The van der Waals surface area contributed by atoms with E-state index in [0.717, 1.165) is 12.1 Å². The minimum Gasteiger partial charge on any atom is -0.406 e. The van der Waals surface area contributed by atoms with Gasteiger partial charge in [-0.15, -0.1) is 13.2 Å². The van der Waals surface area contributed by atoms with Crippen molar-refractivity contribution in [3.63, 3.8) is 0 Å². The maximum absolute atomic E-state index is 13.0. The lowest BCUT2D eigenvalue weighted by Crippen LogP contribution is -2.37. The van der Waals surface area contributed by atoms with E-state index in [1.54, 1.807) is 0 Å².